The van der Waals surface area contributed by atoms with Crippen molar-refractivity contribution in [1.29, 1.82) is 0 Å². The van der Waals surface area contributed by atoms with Crippen molar-refractivity contribution in [1.82, 2.24) is 30.5 Å². The van der Waals surface area contributed by atoms with Gasteiger partial charge in [0.05, 0.1) is 29.0 Å². The number of tetrazole rings is 1. The summed E-state index contributed by atoms with van der Waals surface area (Å²) in [4.78, 5) is 17.3. The third-order valence-corrected chi connectivity index (χ3v) is 4.55. The Balaban J connectivity index is 1.52. The van der Waals surface area contributed by atoms with Crippen LogP contribution in [0.25, 0.3) is 11.3 Å². The molecule has 1 aliphatic carbocycles. The number of rotatable bonds is 5. The van der Waals surface area contributed by atoms with Crippen molar-refractivity contribution in [2.24, 2.45) is 0 Å². The molecule has 7 heteroatoms. The average molecular weight is 348 g/mol. The van der Waals surface area contributed by atoms with Gasteiger partial charge in [-0.15, -0.1) is 5.10 Å². The summed E-state index contributed by atoms with van der Waals surface area (Å²) in [7, 11) is 0. The Kier molecular flexibility index (Phi) is 4.20. The van der Waals surface area contributed by atoms with E-state index >= 15 is 0 Å². The monoisotopic (exact) mass is 348 g/mol. The Morgan fingerprint density at radius 2 is 1.96 bits per heavy atom. The Labute approximate surface area is 151 Å². The van der Waals surface area contributed by atoms with E-state index in [-0.39, 0.29) is 11.9 Å². The molecule has 7 nitrogen and oxygen atoms in total. The number of aromatic nitrogens is 5. The molecule has 1 aliphatic rings. The molecule has 0 aliphatic heterocycles. The van der Waals surface area contributed by atoms with Crippen molar-refractivity contribution in [2.45, 2.75) is 38.8 Å². The Bertz CT molecular complexity index is 932. The van der Waals surface area contributed by atoms with Gasteiger partial charge in [0.25, 0.3) is 5.91 Å². The number of amides is 1. The molecule has 0 saturated heterocycles. The molecule has 2 aromatic heterocycles. The summed E-state index contributed by atoms with van der Waals surface area (Å²) >= 11 is 0. The average Bonchev–Trinajstić information content (AvgIpc) is 3.38. The van der Waals surface area contributed by atoms with Gasteiger partial charge in [-0.3, -0.25) is 9.78 Å². The van der Waals surface area contributed by atoms with Crippen LogP contribution in [0.15, 0.2) is 42.5 Å². The minimum atomic E-state index is -0.272. The number of carbonyl (C=O) groups is 1. The van der Waals surface area contributed by atoms with Crippen molar-refractivity contribution in [3.63, 3.8) is 0 Å². The van der Waals surface area contributed by atoms with E-state index in [1.165, 1.54) is 0 Å². The SMILES string of the molecule is Cc1nc(-c2ccccc2)ccc1C(=O)N[C@@H](C)c1nnnn1C1CC1. The Hall–Kier alpha value is -3.09. The summed E-state index contributed by atoms with van der Waals surface area (Å²) in [6, 6.07) is 13.7. The summed E-state index contributed by atoms with van der Waals surface area (Å²) in [6.07, 6.45) is 2.17. The molecule has 132 valence electrons. The number of benzene rings is 1. The molecule has 1 amide bonds. The van der Waals surface area contributed by atoms with Gasteiger partial charge in [0.2, 0.25) is 0 Å². The van der Waals surface area contributed by atoms with Crippen LogP contribution in [0, 0.1) is 6.92 Å². The zero-order valence-corrected chi connectivity index (χ0v) is 14.8. The van der Waals surface area contributed by atoms with E-state index in [9.17, 15) is 4.79 Å². The van der Waals surface area contributed by atoms with Crippen LogP contribution in [0.3, 0.4) is 0 Å². The lowest BCUT2D eigenvalue weighted by atomic mass is 10.1. The predicted molar refractivity (Wildman–Crippen MR) is 96.4 cm³/mol. The lowest BCUT2D eigenvalue weighted by molar-refractivity contribution is 0.0936. The zero-order valence-electron chi connectivity index (χ0n) is 14.8. The quantitative estimate of drug-likeness (QED) is 0.766. The molecule has 0 radical (unpaired) electrons. The molecule has 1 N–H and O–H groups in total. The van der Waals surface area contributed by atoms with Gasteiger partial charge in [-0.1, -0.05) is 30.3 Å². The lowest BCUT2D eigenvalue weighted by Crippen LogP contribution is -2.29. The number of carbonyl (C=O) groups excluding carboxylic acids is 1. The normalized spacial score (nSPS) is 14.8. The maximum Gasteiger partial charge on any atom is 0.253 e. The topological polar surface area (TPSA) is 85.6 Å². The van der Waals surface area contributed by atoms with Gasteiger partial charge >= 0.3 is 0 Å². The predicted octanol–water partition coefficient (Wildman–Crippen LogP) is 2.87. The van der Waals surface area contributed by atoms with Crippen LogP contribution in [-0.4, -0.2) is 31.1 Å². The Morgan fingerprint density at radius 3 is 2.65 bits per heavy atom. The summed E-state index contributed by atoms with van der Waals surface area (Å²) in [5.74, 6) is 0.514. The fourth-order valence-corrected chi connectivity index (χ4v) is 2.97. The molecule has 1 aromatic carbocycles. The lowest BCUT2D eigenvalue weighted by Gasteiger charge is -2.14. The van der Waals surface area contributed by atoms with Gasteiger partial charge in [0.1, 0.15) is 0 Å². The highest BCUT2D eigenvalue weighted by molar-refractivity contribution is 5.95. The molecule has 3 aromatic rings. The number of nitrogens with zero attached hydrogens (tertiary/aromatic N) is 5. The highest BCUT2D eigenvalue weighted by Gasteiger charge is 2.30. The van der Waals surface area contributed by atoms with E-state index in [1.807, 2.05) is 61.0 Å². The van der Waals surface area contributed by atoms with Gasteiger partial charge in [0, 0.05) is 5.56 Å². The van der Waals surface area contributed by atoms with Crippen LogP contribution in [0.2, 0.25) is 0 Å². The van der Waals surface area contributed by atoms with Crippen molar-refractivity contribution in [2.75, 3.05) is 0 Å². The van der Waals surface area contributed by atoms with E-state index in [1.54, 1.807) is 0 Å². The Morgan fingerprint density at radius 1 is 1.19 bits per heavy atom. The maximum atomic E-state index is 12.7. The second-order valence-electron chi connectivity index (χ2n) is 6.60. The van der Waals surface area contributed by atoms with Gasteiger partial charge < -0.3 is 5.32 Å². The van der Waals surface area contributed by atoms with Crippen LogP contribution < -0.4 is 5.32 Å². The summed E-state index contributed by atoms with van der Waals surface area (Å²) < 4.78 is 1.81. The molecule has 1 atom stereocenters. The fraction of sp³-hybridized carbons (Fsp3) is 0.316. The van der Waals surface area contributed by atoms with Crippen LogP contribution >= 0.6 is 0 Å². The standard InChI is InChI=1S/C19H20N6O/c1-12-16(10-11-17(20-12)14-6-4-3-5-7-14)19(26)21-13(2)18-22-23-24-25(18)15-8-9-15/h3-7,10-11,13,15H,8-9H2,1-2H3,(H,21,26)/t13-/m0/s1. The maximum absolute atomic E-state index is 12.7. The first kappa shape index (κ1) is 16.4. The first-order valence-corrected chi connectivity index (χ1v) is 8.75. The number of aryl methyl sites for hydroxylation is 1. The molecule has 0 unspecified atom stereocenters. The van der Waals surface area contributed by atoms with Gasteiger partial charge in [-0.05, 0) is 49.2 Å². The largest absolute Gasteiger partial charge is 0.342 e. The molecular weight excluding hydrogens is 328 g/mol. The fourth-order valence-electron chi connectivity index (χ4n) is 2.97. The highest BCUT2D eigenvalue weighted by atomic mass is 16.1. The molecule has 26 heavy (non-hydrogen) atoms. The third-order valence-electron chi connectivity index (χ3n) is 4.55. The van der Waals surface area contributed by atoms with Crippen LogP contribution in [-0.2, 0) is 0 Å². The smallest absolute Gasteiger partial charge is 0.253 e. The van der Waals surface area contributed by atoms with Gasteiger partial charge in [-0.25, -0.2) is 4.68 Å². The van der Waals surface area contributed by atoms with Gasteiger partial charge in [0.15, 0.2) is 5.82 Å². The number of nitrogens with one attached hydrogen (secondary N) is 1. The molecule has 1 saturated carbocycles. The molecular formula is C19H20N6O. The zero-order chi connectivity index (χ0) is 18.1. The molecule has 2 heterocycles. The molecule has 0 spiro atoms. The third kappa shape index (κ3) is 3.20. The second-order valence-corrected chi connectivity index (χ2v) is 6.60. The second kappa shape index (κ2) is 6.67. The van der Waals surface area contributed by atoms with E-state index < -0.39 is 0 Å². The van der Waals surface area contributed by atoms with Crippen LogP contribution in [0.4, 0.5) is 0 Å². The van der Waals surface area contributed by atoms with E-state index in [0.29, 0.717) is 23.1 Å². The minimum absolute atomic E-state index is 0.174. The van der Waals surface area contributed by atoms with Crippen molar-refractivity contribution >= 4 is 5.91 Å². The molecule has 1 fully saturated rings. The van der Waals surface area contributed by atoms with Crippen molar-refractivity contribution < 1.29 is 4.79 Å². The van der Waals surface area contributed by atoms with E-state index in [4.69, 9.17) is 0 Å². The van der Waals surface area contributed by atoms with E-state index in [2.05, 4.69) is 25.8 Å². The van der Waals surface area contributed by atoms with Crippen LogP contribution in [0.1, 0.15) is 53.7 Å². The highest BCUT2D eigenvalue weighted by Crippen LogP contribution is 2.35. The van der Waals surface area contributed by atoms with Crippen LogP contribution in [0.5, 0.6) is 0 Å². The number of hydrogen-bond donors (Lipinski definition) is 1. The molecule has 4 rings (SSSR count). The summed E-state index contributed by atoms with van der Waals surface area (Å²) in [6.45, 7) is 3.74. The minimum Gasteiger partial charge on any atom is -0.342 e. The summed E-state index contributed by atoms with van der Waals surface area (Å²) in [5.41, 5.74) is 3.13. The first-order valence-electron chi connectivity index (χ1n) is 8.75. The van der Waals surface area contributed by atoms with Crippen molar-refractivity contribution in [3.8, 4) is 11.3 Å². The summed E-state index contributed by atoms with van der Waals surface area (Å²) in [5, 5.41) is 14.8. The first-order chi connectivity index (χ1) is 12.6. The van der Waals surface area contributed by atoms with Gasteiger partial charge in [-0.2, -0.15) is 0 Å². The molecule has 0 bridgehead atoms. The van der Waals surface area contributed by atoms with E-state index in [0.717, 1.165) is 24.1 Å². The number of hydrogen-bond acceptors (Lipinski definition) is 5. The van der Waals surface area contributed by atoms with Crippen molar-refractivity contribution in [3.05, 3.63) is 59.5 Å². The number of pyridine rings is 1.